The molecule has 0 spiro atoms. The van der Waals surface area contributed by atoms with Crippen LogP contribution in [0.15, 0.2) is 40.9 Å². The minimum Gasteiger partial charge on any atom is -0.300 e. The molecule has 1 amide bonds. The summed E-state index contributed by atoms with van der Waals surface area (Å²) in [4.78, 5) is 25.7. The lowest BCUT2D eigenvalue weighted by Crippen LogP contribution is -2.31. The summed E-state index contributed by atoms with van der Waals surface area (Å²) in [5.41, 5.74) is 4.38. The van der Waals surface area contributed by atoms with E-state index >= 15 is 0 Å². The second-order valence-corrected chi connectivity index (χ2v) is 5.64. The molecule has 3 nitrogen and oxygen atoms in total. The molecule has 2 aliphatic rings. The molecule has 4 heteroatoms. The number of nitrogens with zero attached hydrogens (tertiary/aromatic N) is 1. The van der Waals surface area contributed by atoms with Crippen LogP contribution < -0.4 is 4.90 Å². The third-order valence-electron chi connectivity index (χ3n) is 3.66. The molecular formula is C15H8BrNO2. The average molecular weight is 314 g/mol. The number of ketones is 1. The summed E-state index contributed by atoms with van der Waals surface area (Å²) in [7, 11) is 0. The lowest BCUT2D eigenvalue weighted by molar-refractivity contribution is -0.114. The maximum atomic E-state index is 12.1. The van der Waals surface area contributed by atoms with Gasteiger partial charge in [-0.1, -0.05) is 40.2 Å². The van der Waals surface area contributed by atoms with Gasteiger partial charge < -0.3 is 0 Å². The summed E-state index contributed by atoms with van der Waals surface area (Å²) in [5, 5.41) is 0. The number of hydrogen-bond donors (Lipinski definition) is 0. The maximum absolute atomic E-state index is 12.1. The van der Waals surface area contributed by atoms with Crippen molar-refractivity contribution in [1.29, 1.82) is 0 Å². The second-order valence-electron chi connectivity index (χ2n) is 4.73. The number of fused-ring (bicyclic) bond motifs is 2. The lowest BCUT2D eigenvalue weighted by Gasteiger charge is -2.27. The normalized spacial score (nSPS) is 15.5. The van der Waals surface area contributed by atoms with Crippen LogP contribution in [0.3, 0.4) is 0 Å². The molecule has 0 radical (unpaired) electrons. The van der Waals surface area contributed by atoms with Crippen LogP contribution >= 0.6 is 15.9 Å². The molecule has 0 saturated heterocycles. The van der Waals surface area contributed by atoms with E-state index < -0.39 is 11.7 Å². The molecule has 0 atom stereocenters. The van der Waals surface area contributed by atoms with Crippen LogP contribution in [0, 0.1) is 0 Å². The zero-order valence-electron chi connectivity index (χ0n) is 9.81. The highest BCUT2D eigenvalue weighted by Gasteiger charge is 2.40. The molecule has 2 heterocycles. The summed E-state index contributed by atoms with van der Waals surface area (Å²) >= 11 is 3.42. The van der Waals surface area contributed by atoms with E-state index in [2.05, 4.69) is 15.9 Å². The van der Waals surface area contributed by atoms with Crippen LogP contribution in [-0.2, 0) is 11.3 Å². The number of benzene rings is 2. The Hall–Kier alpha value is -1.94. The lowest BCUT2D eigenvalue weighted by atomic mass is 9.93. The van der Waals surface area contributed by atoms with Crippen molar-refractivity contribution in [2.75, 3.05) is 4.90 Å². The van der Waals surface area contributed by atoms with Crippen molar-refractivity contribution >= 4 is 33.3 Å². The van der Waals surface area contributed by atoms with Crippen LogP contribution in [0.4, 0.5) is 5.69 Å². The van der Waals surface area contributed by atoms with Crippen LogP contribution in [-0.4, -0.2) is 11.7 Å². The summed E-state index contributed by atoms with van der Waals surface area (Å²) in [6.07, 6.45) is 0. The van der Waals surface area contributed by atoms with Gasteiger partial charge in [0.05, 0.1) is 17.8 Å². The summed E-state index contributed by atoms with van der Waals surface area (Å²) < 4.78 is 0.820. The SMILES string of the molecule is O=C1C(=O)N2Cc3ccccc3-c3cc(Br)cc1c32. The van der Waals surface area contributed by atoms with Gasteiger partial charge in [-0.05, 0) is 23.3 Å². The molecule has 0 bridgehead atoms. The highest BCUT2D eigenvalue weighted by atomic mass is 79.9. The first kappa shape index (κ1) is 10.9. The quantitative estimate of drug-likeness (QED) is 0.701. The average Bonchev–Trinajstić information content (AvgIpc) is 2.65. The van der Waals surface area contributed by atoms with E-state index in [1.54, 1.807) is 11.0 Å². The third kappa shape index (κ3) is 1.32. The highest BCUT2D eigenvalue weighted by Crippen LogP contribution is 2.46. The van der Waals surface area contributed by atoms with Crippen molar-refractivity contribution in [3.63, 3.8) is 0 Å². The van der Waals surface area contributed by atoms with E-state index in [4.69, 9.17) is 0 Å². The number of rotatable bonds is 0. The number of anilines is 1. The van der Waals surface area contributed by atoms with Crippen molar-refractivity contribution in [2.24, 2.45) is 0 Å². The summed E-state index contributed by atoms with van der Waals surface area (Å²) in [5.74, 6) is -0.839. The Balaban J connectivity index is 2.12. The Kier molecular flexibility index (Phi) is 2.04. The fraction of sp³-hybridized carbons (Fsp3) is 0.0667. The molecule has 0 saturated carbocycles. The Bertz CT molecular complexity index is 767. The first-order chi connectivity index (χ1) is 9.16. The predicted octanol–water partition coefficient (Wildman–Crippen LogP) is 3.16. The smallest absolute Gasteiger partial charge is 0.299 e. The number of amides is 1. The number of halogens is 1. The summed E-state index contributed by atoms with van der Waals surface area (Å²) in [6.45, 7) is 0.475. The monoisotopic (exact) mass is 313 g/mol. The Morgan fingerprint density at radius 3 is 2.58 bits per heavy atom. The largest absolute Gasteiger partial charge is 0.300 e. The molecule has 0 aliphatic carbocycles. The van der Waals surface area contributed by atoms with Gasteiger partial charge in [0.2, 0.25) is 0 Å². The molecule has 2 aromatic rings. The summed E-state index contributed by atoms with van der Waals surface area (Å²) in [6, 6.07) is 11.6. The number of Topliss-reactive ketones (excluding diaryl/α,β-unsaturated/α-hetero) is 1. The highest BCUT2D eigenvalue weighted by molar-refractivity contribution is 9.10. The first-order valence-corrected chi connectivity index (χ1v) is 6.74. The van der Waals surface area contributed by atoms with Gasteiger partial charge in [0, 0.05) is 10.0 Å². The van der Waals surface area contributed by atoms with E-state index in [0.717, 1.165) is 26.9 Å². The Labute approximate surface area is 118 Å². The molecular weight excluding hydrogens is 306 g/mol. The van der Waals surface area contributed by atoms with Crippen LogP contribution in [0.25, 0.3) is 11.1 Å². The number of hydrogen-bond acceptors (Lipinski definition) is 2. The van der Waals surface area contributed by atoms with Gasteiger partial charge in [0.25, 0.3) is 11.7 Å². The van der Waals surface area contributed by atoms with Gasteiger partial charge in [-0.15, -0.1) is 0 Å². The fourth-order valence-corrected chi connectivity index (χ4v) is 3.31. The topological polar surface area (TPSA) is 37.4 Å². The molecule has 2 aromatic carbocycles. The third-order valence-corrected chi connectivity index (χ3v) is 4.12. The zero-order chi connectivity index (χ0) is 13.1. The molecule has 0 fully saturated rings. The molecule has 0 aromatic heterocycles. The van der Waals surface area contributed by atoms with Gasteiger partial charge in [-0.3, -0.25) is 14.5 Å². The van der Waals surface area contributed by atoms with Crippen molar-refractivity contribution in [3.05, 3.63) is 52.0 Å². The number of carbonyl (C=O) groups excluding carboxylic acids is 2. The van der Waals surface area contributed by atoms with E-state index in [-0.39, 0.29) is 0 Å². The van der Waals surface area contributed by atoms with Crippen molar-refractivity contribution in [1.82, 2.24) is 0 Å². The Morgan fingerprint density at radius 2 is 1.74 bits per heavy atom. The standard InChI is InChI=1S/C15H8BrNO2/c16-9-5-11-10-4-2-1-3-8(10)7-17-13(11)12(6-9)14(18)15(17)19/h1-6H,7H2. The molecule has 0 N–H and O–H groups in total. The molecule has 19 heavy (non-hydrogen) atoms. The van der Waals surface area contributed by atoms with E-state index in [1.165, 1.54) is 0 Å². The van der Waals surface area contributed by atoms with Crippen molar-refractivity contribution in [2.45, 2.75) is 6.54 Å². The Morgan fingerprint density at radius 1 is 1.00 bits per heavy atom. The first-order valence-electron chi connectivity index (χ1n) is 5.95. The van der Waals surface area contributed by atoms with Crippen molar-refractivity contribution < 1.29 is 9.59 Å². The van der Waals surface area contributed by atoms with Crippen molar-refractivity contribution in [3.8, 4) is 11.1 Å². The van der Waals surface area contributed by atoms with Gasteiger partial charge in [-0.25, -0.2) is 0 Å². The predicted molar refractivity (Wildman–Crippen MR) is 75.1 cm³/mol. The molecule has 0 unspecified atom stereocenters. The van der Waals surface area contributed by atoms with Gasteiger partial charge >= 0.3 is 0 Å². The molecule has 4 rings (SSSR count). The molecule has 92 valence electrons. The van der Waals surface area contributed by atoms with E-state index in [0.29, 0.717) is 12.1 Å². The van der Waals surface area contributed by atoms with E-state index in [9.17, 15) is 9.59 Å². The molecule has 2 aliphatic heterocycles. The maximum Gasteiger partial charge on any atom is 0.299 e. The second kappa shape index (κ2) is 3.54. The van der Waals surface area contributed by atoms with Gasteiger partial charge in [0.15, 0.2) is 0 Å². The van der Waals surface area contributed by atoms with Crippen LogP contribution in [0.5, 0.6) is 0 Å². The zero-order valence-corrected chi connectivity index (χ0v) is 11.4. The fourth-order valence-electron chi connectivity index (χ4n) is 2.85. The minimum atomic E-state index is -0.427. The van der Waals surface area contributed by atoms with Gasteiger partial charge in [0.1, 0.15) is 0 Å². The van der Waals surface area contributed by atoms with Crippen LogP contribution in [0.1, 0.15) is 15.9 Å². The minimum absolute atomic E-state index is 0.412. The van der Waals surface area contributed by atoms with E-state index in [1.807, 2.05) is 30.3 Å². The van der Waals surface area contributed by atoms with Crippen LogP contribution in [0.2, 0.25) is 0 Å². The van der Waals surface area contributed by atoms with Gasteiger partial charge in [-0.2, -0.15) is 0 Å². The number of carbonyl (C=O) groups is 2.